The van der Waals surface area contributed by atoms with Crippen LogP contribution in [0.1, 0.15) is 35.3 Å². The molecule has 27 heavy (non-hydrogen) atoms. The van der Waals surface area contributed by atoms with Gasteiger partial charge in [0.2, 0.25) is 0 Å². The number of hydrogen-bond acceptors (Lipinski definition) is 5. The number of amides is 1. The Morgan fingerprint density at radius 2 is 2.11 bits per heavy atom. The molecule has 1 aliphatic heterocycles. The summed E-state index contributed by atoms with van der Waals surface area (Å²) >= 11 is 0. The molecule has 0 aliphatic carbocycles. The van der Waals surface area contributed by atoms with Crippen LogP contribution in [0, 0.1) is 0 Å². The summed E-state index contributed by atoms with van der Waals surface area (Å²) in [5, 5.41) is 11.1. The first-order chi connectivity index (χ1) is 13.0. The summed E-state index contributed by atoms with van der Waals surface area (Å²) < 4.78 is 5.19. The number of carbonyl (C=O) groups excluding carboxylic acids is 1. The lowest BCUT2D eigenvalue weighted by molar-refractivity contribution is -0.00402. The fourth-order valence-electron chi connectivity index (χ4n) is 3.68. The van der Waals surface area contributed by atoms with Crippen LogP contribution in [-0.4, -0.2) is 70.2 Å². The third-order valence-electron chi connectivity index (χ3n) is 5.11. The first kappa shape index (κ1) is 19.4. The Balaban J connectivity index is 1.55. The summed E-state index contributed by atoms with van der Waals surface area (Å²) in [5.41, 5.74) is 0.883. The van der Waals surface area contributed by atoms with Crippen molar-refractivity contribution in [1.82, 2.24) is 19.8 Å². The summed E-state index contributed by atoms with van der Waals surface area (Å²) in [4.78, 5) is 23.2. The van der Waals surface area contributed by atoms with Crippen molar-refractivity contribution < 1.29 is 14.6 Å². The van der Waals surface area contributed by atoms with E-state index in [1.165, 1.54) is 11.9 Å². The normalized spacial score (nSPS) is 20.5. The molecule has 2 N–H and O–H groups in total. The standard InChI is InChI=1S/C20H28N4O3/c1-23(13-16-4-6-17(27-2)7-5-16)14-20(26)8-3-10-24(11-9-20)19(25)18-12-21-15-22-18/h4-7,12,15,26H,3,8-11,13-14H2,1-2H3,(H,21,22)/t20-/m0/s1. The highest BCUT2D eigenvalue weighted by Crippen LogP contribution is 2.25. The minimum Gasteiger partial charge on any atom is -0.497 e. The van der Waals surface area contributed by atoms with E-state index in [0.29, 0.717) is 38.2 Å². The number of likely N-dealkylation sites (N-methyl/N-ethyl adjacent to an activating group) is 1. The molecule has 1 fully saturated rings. The van der Waals surface area contributed by atoms with Crippen molar-refractivity contribution in [2.24, 2.45) is 0 Å². The molecule has 0 radical (unpaired) electrons. The lowest BCUT2D eigenvalue weighted by atomic mass is 9.94. The van der Waals surface area contributed by atoms with E-state index in [0.717, 1.165) is 18.7 Å². The number of carbonyl (C=O) groups is 1. The Bertz CT molecular complexity index is 732. The fourth-order valence-corrected chi connectivity index (χ4v) is 3.68. The van der Waals surface area contributed by atoms with Gasteiger partial charge in [-0.15, -0.1) is 0 Å². The lowest BCUT2D eigenvalue weighted by Gasteiger charge is -2.31. The molecule has 1 amide bonds. The molecule has 0 spiro atoms. The Kier molecular flexibility index (Phi) is 6.13. The maximum Gasteiger partial charge on any atom is 0.271 e. The number of rotatable bonds is 6. The van der Waals surface area contributed by atoms with E-state index in [2.05, 4.69) is 14.9 Å². The van der Waals surface area contributed by atoms with Crippen molar-refractivity contribution in [2.75, 3.05) is 33.8 Å². The summed E-state index contributed by atoms with van der Waals surface area (Å²) in [7, 11) is 3.67. The van der Waals surface area contributed by atoms with Crippen LogP contribution in [0.25, 0.3) is 0 Å². The van der Waals surface area contributed by atoms with Gasteiger partial charge in [0.05, 0.1) is 25.2 Å². The molecule has 1 saturated heterocycles. The van der Waals surface area contributed by atoms with Gasteiger partial charge in [0.15, 0.2) is 0 Å². The van der Waals surface area contributed by atoms with Gasteiger partial charge in [0.1, 0.15) is 11.4 Å². The number of aliphatic hydroxyl groups is 1. The molecule has 1 aromatic carbocycles. The van der Waals surface area contributed by atoms with Gasteiger partial charge in [-0.05, 0) is 44.0 Å². The van der Waals surface area contributed by atoms with E-state index in [1.807, 2.05) is 31.3 Å². The van der Waals surface area contributed by atoms with E-state index < -0.39 is 5.60 Å². The maximum absolute atomic E-state index is 12.5. The van der Waals surface area contributed by atoms with Gasteiger partial charge in [-0.25, -0.2) is 4.98 Å². The second-order valence-electron chi connectivity index (χ2n) is 7.36. The Morgan fingerprint density at radius 1 is 1.33 bits per heavy atom. The van der Waals surface area contributed by atoms with Gasteiger partial charge in [0, 0.05) is 26.2 Å². The van der Waals surface area contributed by atoms with E-state index in [9.17, 15) is 9.90 Å². The van der Waals surface area contributed by atoms with Crippen LogP contribution in [0.5, 0.6) is 5.75 Å². The highest BCUT2D eigenvalue weighted by molar-refractivity contribution is 5.92. The predicted octanol–water partition coefficient (Wildman–Crippen LogP) is 1.91. The third kappa shape index (κ3) is 5.08. The van der Waals surface area contributed by atoms with Gasteiger partial charge < -0.3 is 19.7 Å². The van der Waals surface area contributed by atoms with Crippen LogP contribution in [0.15, 0.2) is 36.8 Å². The molecule has 2 aromatic rings. The van der Waals surface area contributed by atoms with Crippen LogP contribution in [-0.2, 0) is 6.54 Å². The largest absolute Gasteiger partial charge is 0.497 e. The number of H-pyrrole nitrogens is 1. The molecule has 0 bridgehead atoms. The van der Waals surface area contributed by atoms with Crippen molar-refractivity contribution in [1.29, 1.82) is 0 Å². The van der Waals surface area contributed by atoms with Crippen molar-refractivity contribution >= 4 is 5.91 Å². The number of nitrogens with zero attached hydrogens (tertiary/aromatic N) is 3. The third-order valence-corrected chi connectivity index (χ3v) is 5.11. The predicted molar refractivity (Wildman–Crippen MR) is 103 cm³/mol. The minimum atomic E-state index is -0.787. The molecule has 7 heteroatoms. The van der Waals surface area contributed by atoms with Crippen molar-refractivity contribution in [2.45, 2.75) is 31.4 Å². The zero-order chi connectivity index (χ0) is 19.3. The topological polar surface area (TPSA) is 81.7 Å². The van der Waals surface area contributed by atoms with Crippen LogP contribution >= 0.6 is 0 Å². The highest BCUT2D eigenvalue weighted by Gasteiger charge is 2.33. The number of ether oxygens (including phenoxy) is 1. The molecule has 0 saturated carbocycles. The number of benzene rings is 1. The number of aromatic nitrogens is 2. The monoisotopic (exact) mass is 372 g/mol. The first-order valence-corrected chi connectivity index (χ1v) is 9.31. The van der Waals surface area contributed by atoms with Crippen LogP contribution in [0.2, 0.25) is 0 Å². The van der Waals surface area contributed by atoms with E-state index >= 15 is 0 Å². The summed E-state index contributed by atoms with van der Waals surface area (Å²) in [5.74, 6) is 0.786. The van der Waals surface area contributed by atoms with E-state index in [4.69, 9.17) is 4.74 Å². The zero-order valence-electron chi connectivity index (χ0n) is 16.0. The number of methoxy groups -OCH3 is 1. The molecule has 146 valence electrons. The van der Waals surface area contributed by atoms with Gasteiger partial charge in [-0.3, -0.25) is 9.69 Å². The molecule has 1 aliphatic rings. The summed E-state index contributed by atoms with van der Waals surface area (Å²) in [6, 6.07) is 7.97. The quantitative estimate of drug-likeness (QED) is 0.809. The fraction of sp³-hybridized carbons (Fsp3) is 0.500. The van der Waals surface area contributed by atoms with Crippen LogP contribution < -0.4 is 4.74 Å². The van der Waals surface area contributed by atoms with Gasteiger partial charge in [0.25, 0.3) is 5.91 Å². The Labute approximate surface area is 160 Å². The lowest BCUT2D eigenvalue weighted by Crippen LogP contribution is -2.42. The molecule has 0 unspecified atom stereocenters. The highest BCUT2D eigenvalue weighted by atomic mass is 16.5. The molecule has 7 nitrogen and oxygen atoms in total. The van der Waals surface area contributed by atoms with Crippen molar-refractivity contribution in [3.63, 3.8) is 0 Å². The average molecular weight is 372 g/mol. The van der Waals surface area contributed by atoms with Gasteiger partial charge >= 0.3 is 0 Å². The number of aromatic amines is 1. The second kappa shape index (κ2) is 8.54. The van der Waals surface area contributed by atoms with Crippen molar-refractivity contribution in [3.8, 4) is 5.75 Å². The zero-order valence-corrected chi connectivity index (χ0v) is 16.0. The first-order valence-electron chi connectivity index (χ1n) is 9.31. The number of hydrogen-bond donors (Lipinski definition) is 2. The molecular formula is C20H28N4O3. The van der Waals surface area contributed by atoms with Crippen LogP contribution in [0.3, 0.4) is 0 Å². The summed E-state index contributed by atoms with van der Waals surface area (Å²) in [6.07, 6.45) is 5.09. The Morgan fingerprint density at radius 3 is 2.78 bits per heavy atom. The molecule has 3 rings (SSSR count). The maximum atomic E-state index is 12.5. The Hall–Kier alpha value is -2.38. The van der Waals surface area contributed by atoms with E-state index in [-0.39, 0.29) is 5.91 Å². The van der Waals surface area contributed by atoms with Crippen molar-refractivity contribution in [3.05, 3.63) is 48.0 Å². The molecular weight excluding hydrogens is 344 g/mol. The number of imidazole rings is 1. The summed E-state index contributed by atoms with van der Waals surface area (Å²) in [6.45, 7) is 2.53. The number of likely N-dealkylation sites (tertiary alicyclic amines) is 1. The van der Waals surface area contributed by atoms with Gasteiger partial charge in [-0.2, -0.15) is 0 Å². The SMILES string of the molecule is COc1ccc(CN(C)C[C@]2(O)CCCN(C(=O)c3cnc[nH]3)CC2)cc1. The average Bonchev–Trinajstić information content (AvgIpc) is 3.12. The molecule has 1 atom stereocenters. The van der Waals surface area contributed by atoms with Gasteiger partial charge in [-0.1, -0.05) is 12.1 Å². The number of nitrogens with one attached hydrogen (secondary N) is 1. The van der Waals surface area contributed by atoms with Crippen LogP contribution in [0.4, 0.5) is 0 Å². The minimum absolute atomic E-state index is 0.0525. The van der Waals surface area contributed by atoms with E-state index in [1.54, 1.807) is 18.2 Å². The smallest absolute Gasteiger partial charge is 0.271 e. The molecule has 2 heterocycles. The molecule has 1 aromatic heterocycles. The second-order valence-corrected chi connectivity index (χ2v) is 7.36.